The number of aryl methyl sites for hydroxylation is 1. The standard InChI is InChI=1S/C25H22N4O3S/c1-16-7-11-19(12-8-16)29-24(32)21-5-3-4-6-22(21)26-25(29)33-15-23(31)28-27-17(2)18-9-13-20(30)14-10-18/h3-14,30H,15H2,1-2H3,(H,28,31). The van der Waals surface area contributed by atoms with Crippen LogP contribution >= 0.6 is 11.8 Å². The largest absolute Gasteiger partial charge is 0.508 e. The molecule has 0 spiro atoms. The summed E-state index contributed by atoms with van der Waals surface area (Å²) in [6.07, 6.45) is 0. The Morgan fingerprint density at radius 2 is 1.76 bits per heavy atom. The number of hydrogen-bond donors (Lipinski definition) is 2. The number of nitrogens with one attached hydrogen (secondary N) is 1. The molecule has 0 aliphatic heterocycles. The van der Waals surface area contributed by atoms with Crippen LogP contribution in [-0.4, -0.2) is 32.0 Å². The fraction of sp³-hybridized carbons (Fsp3) is 0.120. The van der Waals surface area contributed by atoms with Gasteiger partial charge in [0.1, 0.15) is 5.75 Å². The molecule has 1 heterocycles. The Kier molecular flexibility index (Phi) is 6.55. The molecule has 1 amide bonds. The lowest BCUT2D eigenvalue weighted by Gasteiger charge is -2.13. The van der Waals surface area contributed by atoms with Crippen LogP contribution in [0.1, 0.15) is 18.1 Å². The van der Waals surface area contributed by atoms with E-state index in [0.29, 0.717) is 27.5 Å². The zero-order valence-corrected chi connectivity index (χ0v) is 19.0. The van der Waals surface area contributed by atoms with Gasteiger partial charge in [-0.15, -0.1) is 0 Å². The monoisotopic (exact) mass is 458 g/mol. The highest BCUT2D eigenvalue weighted by atomic mass is 32.2. The Hall–Kier alpha value is -3.91. The van der Waals surface area contributed by atoms with Gasteiger partial charge in [0.2, 0.25) is 0 Å². The molecule has 0 atom stereocenters. The normalized spacial score (nSPS) is 11.5. The first-order valence-electron chi connectivity index (χ1n) is 10.3. The number of benzene rings is 3. The summed E-state index contributed by atoms with van der Waals surface area (Å²) in [4.78, 5) is 30.3. The highest BCUT2D eigenvalue weighted by Gasteiger charge is 2.14. The molecule has 166 valence electrons. The molecular formula is C25H22N4O3S. The number of hydrogen-bond acceptors (Lipinski definition) is 6. The first-order valence-corrected chi connectivity index (χ1v) is 11.2. The van der Waals surface area contributed by atoms with E-state index in [-0.39, 0.29) is 23.0 Å². The number of aromatic hydroxyl groups is 1. The van der Waals surface area contributed by atoms with Crippen molar-refractivity contribution in [3.05, 3.63) is 94.3 Å². The molecule has 0 aliphatic carbocycles. The van der Waals surface area contributed by atoms with Crippen molar-refractivity contribution in [2.45, 2.75) is 19.0 Å². The Bertz CT molecular complexity index is 1390. The van der Waals surface area contributed by atoms with Gasteiger partial charge in [-0.1, -0.05) is 41.6 Å². The van der Waals surface area contributed by atoms with Crippen LogP contribution in [0.3, 0.4) is 0 Å². The van der Waals surface area contributed by atoms with Crippen molar-refractivity contribution in [2.75, 3.05) is 5.75 Å². The molecule has 4 aromatic rings. The smallest absolute Gasteiger partial charge is 0.266 e. The van der Waals surface area contributed by atoms with Crippen molar-refractivity contribution >= 4 is 34.3 Å². The van der Waals surface area contributed by atoms with Gasteiger partial charge in [-0.25, -0.2) is 10.4 Å². The van der Waals surface area contributed by atoms with E-state index in [2.05, 4.69) is 15.5 Å². The van der Waals surface area contributed by atoms with E-state index in [9.17, 15) is 14.7 Å². The first-order chi connectivity index (χ1) is 15.9. The number of carbonyl (C=O) groups is 1. The molecule has 0 saturated carbocycles. The third kappa shape index (κ3) is 5.12. The lowest BCUT2D eigenvalue weighted by Crippen LogP contribution is -2.24. The van der Waals surface area contributed by atoms with Crippen LogP contribution in [0.4, 0.5) is 0 Å². The molecule has 3 aromatic carbocycles. The molecule has 7 nitrogen and oxygen atoms in total. The number of thioether (sulfide) groups is 1. The molecule has 33 heavy (non-hydrogen) atoms. The Labute approximate surface area is 194 Å². The van der Waals surface area contributed by atoms with E-state index in [0.717, 1.165) is 11.1 Å². The van der Waals surface area contributed by atoms with Crippen LogP contribution in [0.25, 0.3) is 16.6 Å². The summed E-state index contributed by atoms with van der Waals surface area (Å²) < 4.78 is 1.53. The Balaban J connectivity index is 1.57. The third-order valence-electron chi connectivity index (χ3n) is 5.00. The molecule has 0 radical (unpaired) electrons. The minimum absolute atomic E-state index is 0.0308. The molecule has 2 N–H and O–H groups in total. The predicted molar refractivity (Wildman–Crippen MR) is 131 cm³/mol. The predicted octanol–water partition coefficient (Wildman–Crippen LogP) is 4.03. The number of phenolic OH excluding ortho intramolecular Hbond substituents is 1. The van der Waals surface area contributed by atoms with Crippen molar-refractivity contribution in [3.8, 4) is 11.4 Å². The van der Waals surface area contributed by atoms with Crippen molar-refractivity contribution in [3.63, 3.8) is 0 Å². The summed E-state index contributed by atoms with van der Waals surface area (Å²) in [5, 5.41) is 14.5. The summed E-state index contributed by atoms with van der Waals surface area (Å²) in [6.45, 7) is 3.74. The summed E-state index contributed by atoms with van der Waals surface area (Å²) in [5.74, 6) is -0.131. The topological polar surface area (TPSA) is 96.6 Å². The van der Waals surface area contributed by atoms with Crippen molar-refractivity contribution in [1.82, 2.24) is 15.0 Å². The number of para-hydroxylation sites is 1. The number of hydrazone groups is 1. The molecule has 0 fully saturated rings. The molecular weight excluding hydrogens is 436 g/mol. The molecule has 0 unspecified atom stereocenters. The fourth-order valence-electron chi connectivity index (χ4n) is 3.21. The van der Waals surface area contributed by atoms with Gasteiger partial charge in [-0.3, -0.25) is 14.2 Å². The molecule has 0 bridgehead atoms. The van der Waals surface area contributed by atoms with Crippen molar-refractivity contribution in [2.24, 2.45) is 5.10 Å². The maximum absolute atomic E-state index is 13.2. The molecule has 4 rings (SSSR count). The van der Waals surface area contributed by atoms with Crippen LogP contribution in [0.5, 0.6) is 5.75 Å². The summed E-state index contributed by atoms with van der Waals surface area (Å²) in [5.41, 5.74) is 6.08. The van der Waals surface area contributed by atoms with E-state index in [1.165, 1.54) is 16.3 Å². The average molecular weight is 459 g/mol. The molecule has 0 aliphatic rings. The average Bonchev–Trinajstić information content (AvgIpc) is 2.82. The lowest BCUT2D eigenvalue weighted by atomic mass is 10.1. The lowest BCUT2D eigenvalue weighted by molar-refractivity contribution is -0.118. The van der Waals surface area contributed by atoms with Gasteiger partial charge in [-0.2, -0.15) is 5.10 Å². The van der Waals surface area contributed by atoms with Crippen LogP contribution in [0.2, 0.25) is 0 Å². The van der Waals surface area contributed by atoms with E-state index in [1.807, 2.05) is 37.3 Å². The Morgan fingerprint density at radius 1 is 1.06 bits per heavy atom. The number of rotatable bonds is 6. The summed E-state index contributed by atoms with van der Waals surface area (Å²) in [7, 11) is 0. The van der Waals surface area contributed by atoms with Gasteiger partial charge in [0, 0.05) is 0 Å². The number of nitrogens with zero attached hydrogens (tertiary/aromatic N) is 3. The second-order valence-corrected chi connectivity index (χ2v) is 8.40. The van der Waals surface area contributed by atoms with Crippen LogP contribution in [0, 0.1) is 6.92 Å². The highest BCUT2D eigenvalue weighted by molar-refractivity contribution is 7.99. The maximum atomic E-state index is 13.2. The van der Waals surface area contributed by atoms with Gasteiger partial charge in [-0.05, 0) is 67.9 Å². The van der Waals surface area contributed by atoms with E-state index in [1.54, 1.807) is 49.4 Å². The molecule has 8 heteroatoms. The van der Waals surface area contributed by atoms with Gasteiger partial charge in [0.15, 0.2) is 5.16 Å². The van der Waals surface area contributed by atoms with E-state index in [4.69, 9.17) is 0 Å². The second-order valence-electron chi connectivity index (χ2n) is 7.46. The van der Waals surface area contributed by atoms with Crippen molar-refractivity contribution < 1.29 is 9.90 Å². The van der Waals surface area contributed by atoms with E-state index < -0.39 is 0 Å². The zero-order chi connectivity index (χ0) is 23.4. The van der Waals surface area contributed by atoms with Gasteiger partial charge in [0.25, 0.3) is 11.5 Å². The third-order valence-corrected chi connectivity index (χ3v) is 5.94. The minimum Gasteiger partial charge on any atom is -0.508 e. The number of fused-ring (bicyclic) bond motifs is 1. The SMILES string of the molecule is CC(=NNC(=O)CSc1nc2ccccc2c(=O)n1-c1ccc(C)cc1)c1ccc(O)cc1. The molecule has 0 saturated heterocycles. The van der Waals surface area contributed by atoms with Crippen molar-refractivity contribution in [1.29, 1.82) is 0 Å². The maximum Gasteiger partial charge on any atom is 0.266 e. The van der Waals surface area contributed by atoms with Gasteiger partial charge in [0.05, 0.1) is 28.1 Å². The van der Waals surface area contributed by atoms with Gasteiger partial charge >= 0.3 is 0 Å². The molecule has 1 aromatic heterocycles. The van der Waals surface area contributed by atoms with Crippen LogP contribution < -0.4 is 11.0 Å². The summed E-state index contributed by atoms with van der Waals surface area (Å²) in [6, 6.07) is 21.3. The second kappa shape index (κ2) is 9.70. The van der Waals surface area contributed by atoms with E-state index >= 15 is 0 Å². The first kappa shape index (κ1) is 22.3. The summed E-state index contributed by atoms with van der Waals surface area (Å²) >= 11 is 1.17. The Morgan fingerprint density at radius 3 is 2.48 bits per heavy atom. The van der Waals surface area contributed by atoms with Gasteiger partial charge < -0.3 is 5.11 Å². The minimum atomic E-state index is -0.323. The number of amides is 1. The fourth-order valence-corrected chi connectivity index (χ4v) is 4.01. The van der Waals surface area contributed by atoms with Crippen LogP contribution in [0.15, 0.2) is 87.8 Å². The quantitative estimate of drug-likeness (QED) is 0.197. The zero-order valence-electron chi connectivity index (χ0n) is 18.1. The number of carbonyl (C=O) groups excluding carboxylic acids is 1. The van der Waals surface area contributed by atoms with Crippen LogP contribution in [-0.2, 0) is 4.79 Å². The number of phenols is 1. The number of aromatic nitrogens is 2. The highest BCUT2D eigenvalue weighted by Crippen LogP contribution is 2.21.